The standard InChI is InChI=1S/C14H21NO2/c1-3-4-5-6-8-11-9-7-10-12(15)13(11)14(16)17-2/h7,9-10H,3-6,8,15H2,1-2H3. The number of nitrogens with two attached hydrogens (primary N) is 1. The summed E-state index contributed by atoms with van der Waals surface area (Å²) in [5.41, 5.74) is 7.86. The second kappa shape index (κ2) is 6.94. The molecule has 0 spiro atoms. The van der Waals surface area contributed by atoms with Crippen LogP contribution in [0.5, 0.6) is 0 Å². The van der Waals surface area contributed by atoms with E-state index >= 15 is 0 Å². The van der Waals surface area contributed by atoms with E-state index in [-0.39, 0.29) is 5.97 Å². The molecule has 0 bridgehead atoms. The number of carbonyl (C=O) groups is 1. The highest BCUT2D eigenvalue weighted by Crippen LogP contribution is 2.20. The normalized spacial score (nSPS) is 10.2. The summed E-state index contributed by atoms with van der Waals surface area (Å²) in [6.45, 7) is 2.18. The minimum absolute atomic E-state index is 0.339. The highest BCUT2D eigenvalue weighted by Gasteiger charge is 2.14. The predicted molar refractivity (Wildman–Crippen MR) is 70.0 cm³/mol. The lowest BCUT2D eigenvalue weighted by molar-refractivity contribution is 0.0600. The smallest absolute Gasteiger partial charge is 0.340 e. The van der Waals surface area contributed by atoms with Crippen molar-refractivity contribution in [2.45, 2.75) is 39.0 Å². The first kappa shape index (κ1) is 13.6. The maximum atomic E-state index is 11.6. The third kappa shape index (κ3) is 3.77. The molecule has 1 rings (SSSR count). The van der Waals surface area contributed by atoms with Gasteiger partial charge in [0.05, 0.1) is 12.7 Å². The molecule has 94 valence electrons. The zero-order chi connectivity index (χ0) is 12.7. The van der Waals surface area contributed by atoms with Crippen LogP contribution in [0.25, 0.3) is 0 Å². The molecule has 0 aliphatic carbocycles. The summed E-state index contributed by atoms with van der Waals surface area (Å²) in [6, 6.07) is 5.58. The monoisotopic (exact) mass is 235 g/mol. The van der Waals surface area contributed by atoms with Gasteiger partial charge in [-0.2, -0.15) is 0 Å². The van der Waals surface area contributed by atoms with Gasteiger partial charge in [-0.3, -0.25) is 0 Å². The van der Waals surface area contributed by atoms with Crippen molar-refractivity contribution in [3.05, 3.63) is 29.3 Å². The molecular formula is C14H21NO2. The van der Waals surface area contributed by atoms with Crippen LogP contribution in [0.3, 0.4) is 0 Å². The molecule has 0 amide bonds. The van der Waals surface area contributed by atoms with E-state index in [9.17, 15) is 4.79 Å². The van der Waals surface area contributed by atoms with Crippen molar-refractivity contribution in [1.82, 2.24) is 0 Å². The van der Waals surface area contributed by atoms with Crippen LogP contribution < -0.4 is 5.73 Å². The van der Waals surface area contributed by atoms with Crippen LogP contribution in [-0.4, -0.2) is 13.1 Å². The van der Waals surface area contributed by atoms with Crippen LogP contribution in [0.4, 0.5) is 5.69 Å². The molecule has 0 aliphatic heterocycles. The number of aryl methyl sites for hydroxylation is 1. The molecule has 0 aliphatic rings. The van der Waals surface area contributed by atoms with Crippen molar-refractivity contribution in [3.8, 4) is 0 Å². The number of hydrogen-bond donors (Lipinski definition) is 1. The Labute approximate surface area is 103 Å². The topological polar surface area (TPSA) is 52.3 Å². The van der Waals surface area contributed by atoms with E-state index < -0.39 is 0 Å². The van der Waals surface area contributed by atoms with Crippen molar-refractivity contribution in [2.75, 3.05) is 12.8 Å². The number of esters is 1. The molecule has 0 saturated carbocycles. The quantitative estimate of drug-likeness (QED) is 0.468. The maximum Gasteiger partial charge on any atom is 0.340 e. The highest BCUT2D eigenvalue weighted by molar-refractivity contribution is 5.96. The molecule has 0 aromatic heterocycles. The Hall–Kier alpha value is -1.51. The fraction of sp³-hybridized carbons (Fsp3) is 0.500. The lowest BCUT2D eigenvalue weighted by Crippen LogP contribution is -2.09. The van der Waals surface area contributed by atoms with Gasteiger partial charge >= 0.3 is 5.97 Å². The number of carbonyl (C=O) groups excluding carboxylic acids is 1. The second-order valence-corrected chi connectivity index (χ2v) is 4.18. The molecule has 17 heavy (non-hydrogen) atoms. The molecule has 1 aromatic rings. The largest absolute Gasteiger partial charge is 0.465 e. The Morgan fingerprint density at radius 3 is 2.71 bits per heavy atom. The number of hydrogen-bond acceptors (Lipinski definition) is 3. The van der Waals surface area contributed by atoms with Crippen LogP contribution >= 0.6 is 0 Å². The number of nitrogen functional groups attached to an aromatic ring is 1. The van der Waals surface area contributed by atoms with Gasteiger partial charge in [-0.1, -0.05) is 38.3 Å². The molecule has 0 atom stereocenters. The molecule has 0 unspecified atom stereocenters. The lowest BCUT2D eigenvalue weighted by Gasteiger charge is -2.10. The molecule has 3 nitrogen and oxygen atoms in total. The van der Waals surface area contributed by atoms with Crippen LogP contribution in [0.15, 0.2) is 18.2 Å². The van der Waals surface area contributed by atoms with Gasteiger partial charge in [0.1, 0.15) is 0 Å². The Kier molecular flexibility index (Phi) is 5.53. The number of anilines is 1. The van der Waals surface area contributed by atoms with Gasteiger partial charge in [0, 0.05) is 5.69 Å². The van der Waals surface area contributed by atoms with Crippen molar-refractivity contribution in [2.24, 2.45) is 0 Å². The first-order chi connectivity index (χ1) is 8.20. The molecule has 0 radical (unpaired) electrons. The summed E-state index contributed by atoms with van der Waals surface area (Å²) in [6.07, 6.45) is 5.60. The SMILES string of the molecule is CCCCCCc1cccc(N)c1C(=O)OC. The third-order valence-electron chi connectivity index (χ3n) is 2.87. The zero-order valence-electron chi connectivity index (χ0n) is 10.7. The van der Waals surface area contributed by atoms with E-state index in [1.165, 1.54) is 26.4 Å². The first-order valence-corrected chi connectivity index (χ1v) is 6.16. The average molecular weight is 235 g/mol. The second-order valence-electron chi connectivity index (χ2n) is 4.18. The van der Waals surface area contributed by atoms with Crippen LogP contribution in [-0.2, 0) is 11.2 Å². The van der Waals surface area contributed by atoms with Crippen LogP contribution in [0.2, 0.25) is 0 Å². The maximum absolute atomic E-state index is 11.6. The van der Waals surface area contributed by atoms with Crippen molar-refractivity contribution in [1.29, 1.82) is 0 Å². The summed E-state index contributed by atoms with van der Waals surface area (Å²) in [4.78, 5) is 11.6. The first-order valence-electron chi connectivity index (χ1n) is 6.16. The molecule has 2 N–H and O–H groups in total. The Morgan fingerprint density at radius 1 is 1.29 bits per heavy atom. The zero-order valence-corrected chi connectivity index (χ0v) is 10.7. The van der Waals surface area contributed by atoms with Crippen molar-refractivity contribution < 1.29 is 9.53 Å². The molecule has 0 fully saturated rings. The van der Waals surface area contributed by atoms with Gasteiger partial charge in [0.2, 0.25) is 0 Å². The van der Waals surface area contributed by atoms with E-state index in [1.54, 1.807) is 6.07 Å². The summed E-state index contributed by atoms with van der Waals surface area (Å²) in [5.74, 6) is -0.339. The number of unbranched alkanes of at least 4 members (excludes halogenated alkanes) is 3. The lowest BCUT2D eigenvalue weighted by atomic mass is 9.99. The Balaban J connectivity index is 2.76. The minimum atomic E-state index is -0.339. The Bertz CT molecular complexity index is 374. The van der Waals surface area contributed by atoms with E-state index in [1.807, 2.05) is 12.1 Å². The molecular weight excluding hydrogens is 214 g/mol. The average Bonchev–Trinajstić information content (AvgIpc) is 2.34. The van der Waals surface area contributed by atoms with E-state index in [2.05, 4.69) is 6.92 Å². The fourth-order valence-electron chi connectivity index (χ4n) is 1.92. The van der Waals surface area contributed by atoms with Gasteiger partial charge in [-0.25, -0.2) is 4.79 Å². The summed E-state index contributed by atoms with van der Waals surface area (Å²) >= 11 is 0. The number of benzene rings is 1. The van der Waals surface area contributed by atoms with E-state index in [4.69, 9.17) is 10.5 Å². The van der Waals surface area contributed by atoms with Gasteiger partial charge in [-0.15, -0.1) is 0 Å². The molecule has 3 heteroatoms. The van der Waals surface area contributed by atoms with E-state index in [0.717, 1.165) is 18.4 Å². The summed E-state index contributed by atoms with van der Waals surface area (Å²) < 4.78 is 4.77. The van der Waals surface area contributed by atoms with Gasteiger partial charge in [-0.05, 0) is 24.5 Å². The summed E-state index contributed by atoms with van der Waals surface area (Å²) in [5, 5.41) is 0. The van der Waals surface area contributed by atoms with Crippen molar-refractivity contribution in [3.63, 3.8) is 0 Å². The summed E-state index contributed by atoms with van der Waals surface area (Å²) in [7, 11) is 1.38. The Morgan fingerprint density at radius 2 is 2.06 bits per heavy atom. The van der Waals surface area contributed by atoms with Crippen molar-refractivity contribution >= 4 is 11.7 Å². The molecule has 1 aromatic carbocycles. The van der Waals surface area contributed by atoms with E-state index in [0.29, 0.717) is 11.3 Å². The fourth-order valence-corrected chi connectivity index (χ4v) is 1.92. The molecule has 0 saturated heterocycles. The third-order valence-corrected chi connectivity index (χ3v) is 2.87. The van der Waals surface area contributed by atoms with Crippen LogP contribution in [0, 0.1) is 0 Å². The number of ether oxygens (including phenoxy) is 1. The van der Waals surface area contributed by atoms with Gasteiger partial charge < -0.3 is 10.5 Å². The minimum Gasteiger partial charge on any atom is -0.465 e. The number of rotatable bonds is 6. The van der Waals surface area contributed by atoms with Gasteiger partial charge in [0.15, 0.2) is 0 Å². The predicted octanol–water partition coefficient (Wildman–Crippen LogP) is 3.18. The highest BCUT2D eigenvalue weighted by atomic mass is 16.5. The molecule has 0 heterocycles. The van der Waals surface area contributed by atoms with Crippen LogP contribution in [0.1, 0.15) is 48.5 Å². The number of methoxy groups -OCH3 is 1. The van der Waals surface area contributed by atoms with Gasteiger partial charge in [0.25, 0.3) is 0 Å².